The summed E-state index contributed by atoms with van der Waals surface area (Å²) in [6.07, 6.45) is 1.80. The Labute approximate surface area is 113 Å². The number of nitrogens with zero attached hydrogens (tertiary/aromatic N) is 2. The van der Waals surface area contributed by atoms with Crippen molar-refractivity contribution in [3.63, 3.8) is 0 Å². The van der Waals surface area contributed by atoms with Crippen LogP contribution in [0.1, 0.15) is 18.4 Å². The van der Waals surface area contributed by atoms with Gasteiger partial charge in [-0.1, -0.05) is 30.3 Å². The van der Waals surface area contributed by atoms with E-state index in [-0.39, 0.29) is 23.8 Å². The van der Waals surface area contributed by atoms with Crippen LogP contribution in [0.4, 0.5) is 0 Å². The van der Waals surface area contributed by atoms with Crippen LogP contribution in [0.5, 0.6) is 0 Å². The lowest BCUT2D eigenvalue weighted by Crippen LogP contribution is -2.53. The van der Waals surface area contributed by atoms with Gasteiger partial charge in [-0.05, 0) is 18.4 Å². The lowest BCUT2D eigenvalue weighted by Gasteiger charge is -2.34. The molecule has 0 aromatic heterocycles. The highest BCUT2D eigenvalue weighted by atomic mass is 16.2. The summed E-state index contributed by atoms with van der Waals surface area (Å²) in [7, 11) is 1.79. The van der Waals surface area contributed by atoms with Gasteiger partial charge in [0.25, 0.3) is 0 Å². The van der Waals surface area contributed by atoms with Gasteiger partial charge < -0.3 is 9.80 Å². The van der Waals surface area contributed by atoms with E-state index in [9.17, 15) is 9.59 Å². The number of hydrogen-bond donors (Lipinski definition) is 0. The van der Waals surface area contributed by atoms with Crippen LogP contribution < -0.4 is 0 Å². The van der Waals surface area contributed by atoms with Gasteiger partial charge in [-0.15, -0.1) is 0 Å². The third-order valence-electron chi connectivity index (χ3n) is 4.23. The first-order chi connectivity index (χ1) is 9.13. The highest BCUT2D eigenvalue weighted by Gasteiger charge is 2.53. The Kier molecular flexibility index (Phi) is 2.81. The van der Waals surface area contributed by atoms with E-state index in [0.29, 0.717) is 13.1 Å². The van der Waals surface area contributed by atoms with Gasteiger partial charge in [-0.25, -0.2) is 0 Å². The molecule has 0 radical (unpaired) electrons. The molecule has 1 saturated heterocycles. The summed E-state index contributed by atoms with van der Waals surface area (Å²) in [5, 5.41) is 0. The fraction of sp³-hybridized carbons (Fsp3) is 0.467. The average Bonchev–Trinajstić information content (AvgIpc) is 3.24. The van der Waals surface area contributed by atoms with Crippen LogP contribution in [0.15, 0.2) is 30.3 Å². The van der Waals surface area contributed by atoms with Crippen molar-refractivity contribution >= 4 is 11.8 Å². The van der Waals surface area contributed by atoms with Crippen LogP contribution in [-0.2, 0) is 15.0 Å². The molecule has 1 aliphatic heterocycles. The van der Waals surface area contributed by atoms with Crippen molar-refractivity contribution in [3.8, 4) is 0 Å². The van der Waals surface area contributed by atoms with Gasteiger partial charge in [0, 0.05) is 20.1 Å². The molecule has 0 N–H and O–H groups in total. The van der Waals surface area contributed by atoms with Crippen molar-refractivity contribution in [1.29, 1.82) is 0 Å². The van der Waals surface area contributed by atoms with Crippen LogP contribution in [0, 0.1) is 0 Å². The fourth-order valence-corrected chi connectivity index (χ4v) is 2.74. The van der Waals surface area contributed by atoms with Crippen LogP contribution in [0.3, 0.4) is 0 Å². The van der Waals surface area contributed by atoms with Gasteiger partial charge in [-0.3, -0.25) is 9.59 Å². The molecule has 2 fully saturated rings. The number of likely N-dealkylation sites (N-methyl/N-ethyl adjacent to an activating group) is 1. The Balaban J connectivity index is 1.79. The second-order valence-electron chi connectivity index (χ2n) is 5.49. The molecule has 0 atom stereocenters. The molecular formula is C15H18N2O2. The molecule has 1 aromatic carbocycles. The second-order valence-corrected chi connectivity index (χ2v) is 5.49. The lowest BCUT2D eigenvalue weighted by atomic mass is 9.94. The van der Waals surface area contributed by atoms with Gasteiger partial charge in [0.1, 0.15) is 0 Å². The van der Waals surface area contributed by atoms with Crippen molar-refractivity contribution in [2.75, 3.05) is 26.7 Å². The topological polar surface area (TPSA) is 40.6 Å². The maximum atomic E-state index is 12.7. The molecular weight excluding hydrogens is 240 g/mol. The molecule has 1 saturated carbocycles. The summed E-state index contributed by atoms with van der Waals surface area (Å²) in [6, 6.07) is 9.94. The Morgan fingerprint density at radius 1 is 1.16 bits per heavy atom. The highest BCUT2D eigenvalue weighted by molar-refractivity contribution is 5.94. The molecule has 2 amide bonds. The van der Waals surface area contributed by atoms with E-state index in [2.05, 4.69) is 0 Å². The third kappa shape index (κ3) is 2.01. The summed E-state index contributed by atoms with van der Waals surface area (Å²) in [6.45, 7) is 1.51. The summed E-state index contributed by atoms with van der Waals surface area (Å²) in [5.41, 5.74) is 0.739. The van der Waals surface area contributed by atoms with Crippen LogP contribution in [0.2, 0.25) is 0 Å². The number of benzene rings is 1. The minimum Gasteiger partial charge on any atom is -0.342 e. The zero-order valence-corrected chi connectivity index (χ0v) is 11.1. The van der Waals surface area contributed by atoms with Gasteiger partial charge in [0.05, 0.1) is 12.0 Å². The number of amides is 2. The summed E-state index contributed by atoms with van der Waals surface area (Å²) < 4.78 is 0. The number of piperazine rings is 1. The molecule has 0 unspecified atom stereocenters. The SMILES string of the molecule is CN1CCN(C(=O)C2(c3ccccc3)CC2)CC1=O. The molecule has 0 spiro atoms. The van der Waals surface area contributed by atoms with E-state index in [4.69, 9.17) is 0 Å². The van der Waals surface area contributed by atoms with Crippen molar-refractivity contribution < 1.29 is 9.59 Å². The molecule has 100 valence electrons. The van der Waals surface area contributed by atoms with Crippen molar-refractivity contribution in [2.45, 2.75) is 18.3 Å². The standard InChI is InChI=1S/C15H18N2O2/c1-16-9-10-17(11-13(16)18)14(19)15(7-8-15)12-5-3-2-4-6-12/h2-6H,7-11H2,1H3. The summed E-state index contributed by atoms with van der Waals surface area (Å²) >= 11 is 0. The molecule has 0 bridgehead atoms. The van der Waals surface area contributed by atoms with Gasteiger partial charge in [0.15, 0.2) is 0 Å². The summed E-state index contributed by atoms with van der Waals surface area (Å²) in [4.78, 5) is 27.8. The molecule has 1 aromatic rings. The van der Waals surface area contributed by atoms with Gasteiger partial charge >= 0.3 is 0 Å². The van der Waals surface area contributed by atoms with E-state index < -0.39 is 0 Å². The first-order valence-corrected chi connectivity index (χ1v) is 6.72. The lowest BCUT2D eigenvalue weighted by molar-refractivity contribution is -0.145. The van der Waals surface area contributed by atoms with Crippen LogP contribution in [-0.4, -0.2) is 48.3 Å². The number of rotatable bonds is 2. The first kappa shape index (κ1) is 12.2. The van der Waals surface area contributed by atoms with Gasteiger partial charge in [-0.2, -0.15) is 0 Å². The van der Waals surface area contributed by atoms with Crippen molar-refractivity contribution in [3.05, 3.63) is 35.9 Å². The Morgan fingerprint density at radius 3 is 2.42 bits per heavy atom. The second kappa shape index (κ2) is 4.37. The zero-order chi connectivity index (χ0) is 13.5. The smallest absolute Gasteiger partial charge is 0.241 e. The van der Waals surface area contributed by atoms with E-state index in [0.717, 1.165) is 18.4 Å². The van der Waals surface area contributed by atoms with E-state index in [1.54, 1.807) is 16.8 Å². The number of hydrogen-bond acceptors (Lipinski definition) is 2. The molecule has 3 rings (SSSR count). The quantitative estimate of drug-likeness (QED) is 0.794. The maximum absolute atomic E-state index is 12.7. The number of carbonyl (C=O) groups excluding carboxylic acids is 2. The first-order valence-electron chi connectivity index (χ1n) is 6.72. The Hall–Kier alpha value is -1.84. The maximum Gasteiger partial charge on any atom is 0.241 e. The Bertz CT molecular complexity index is 508. The third-order valence-corrected chi connectivity index (χ3v) is 4.23. The van der Waals surface area contributed by atoms with Crippen molar-refractivity contribution in [1.82, 2.24) is 9.80 Å². The molecule has 4 heteroatoms. The predicted octanol–water partition coefficient (Wildman–Crippen LogP) is 1.02. The average molecular weight is 258 g/mol. The molecule has 2 aliphatic rings. The minimum absolute atomic E-state index is 0.0310. The van der Waals surface area contributed by atoms with E-state index in [1.807, 2.05) is 30.3 Å². The predicted molar refractivity (Wildman–Crippen MR) is 71.6 cm³/mol. The monoisotopic (exact) mass is 258 g/mol. The minimum atomic E-state index is -0.350. The normalized spacial score (nSPS) is 21.4. The van der Waals surface area contributed by atoms with E-state index >= 15 is 0 Å². The van der Waals surface area contributed by atoms with Crippen LogP contribution in [0.25, 0.3) is 0 Å². The molecule has 19 heavy (non-hydrogen) atoms. The van der Waals surface area contributed by atoms with E-state index in [1.165, 1.54) is 0 Å². The number of carbonyl (C=O) groups is 2. The Morgan fingerprint density at radius 2 is 1.84 bits per heavy atom. The highest BCUT2D eigenvalue weighted by Crippen LogP contribution is 2.49. The molecule has 1 aliphatic carbocycles. The van der Waals surface area contributed by atoms with Crippen LogP contribution >= 0.6 is 0 Å². The molecule has 4 nitrogen and oxygen atoms in total. The zero-order valence-electron chi connectivity index (χ0n) is 11.1. The van der Waals surface area contributed by atoms with Gasteiger partial charge in [0.2, 0.25) is 11.8 Å². The fourth-order valence-electron chi connectivity index (χ4n) is 2.74. The largest absolute Gasteiger partial charge is 0.342 e. The summed E-state index contributed by atoms with van der Waals surface area (Å²) in [5.74, 6) is 0.156. The van der Waals surface area contributed by atoms with Crippen molar-refractivity contribution in [2.24, 2.45) is 0 Å². The molecule has 1 heterocycles.